The van der Waals surface area contributed by atoms with Gasteiger partial charge in [-0.1, -0.05) is 42.5 Å². The molecule has 1 atom stereocenters. The van der Waals surface area contributed by atoms with Crippen molar-refractivity contribution in [3.63, 3.8) is 0 Å². The second-order valence-corrected chi connectivity index (χ2v) is 5.14. The first-order valence-corrected chi connectivity index (χ1v) is 7.18. The number of hydrogen-bond acceptors (Lipinski definition) is 2. The summed E-state index contributed by atoms with van der Waals surface area (Å²) >= 11 is 0. The van der Waals surface area contributed by atoms with E-state index in [1.54, 1.807) is 6.92 Å². The Balaban J connectivity index is 1.76. The summed E-state index contributed by atoms with van der Waals surface area (Å²) < 4.78 is 5.77. The van der Waals surface area contributed by atoms with Crippen LogP contribution in [0.15, 0.2) is 54.6 Å². The van der Waals surface area contributed by atoms with E-state index in [1.165, 1.54) is 5.56 Å². The molecule has 2 rings (SSSR count). The van der Waals surface area contributed by atoms with E-state index in [0.29, 0.717) is 13.0 Å². The number of hydrogen-bond donors (Lipinski definition) is 1. The minimum atomic E-state index is -0.316. The van der Waals surface area contributed by atoms with Gasteiger partial charge >= 0.3 is 0 Å². The molecule has 106 valence electrons. The van der Waals surface area contributed by atoms with Gasteiger partial charge in [0.1, 0.15) is 5.75 Å². The summed E-state index contributed by atoms with van der Waals surface area (Å²) in [5.74, 6) is 0.885. The Labute approximate surface area is 121 Å². The summed E-state index contributed by atoms with van der Waals surface area (Å²) in [6.45, 7) is 2.51. The summed E-state index contributed by atoms with van der Waals surface area (Å²) in [7, 11) is 0. The van der Waals surface area contributed by atoms with Crippen LogP contribution in [-0.2, 0) is 12.8 Å². The molecule has 0 fully saturated rings. The highest BCUT2D eigenvalue weighted by Gasteiger charge is 2.01. The molecule has 2 aromatic rings. The third kappa shape index (κ3) is 5.06. The Morgan fingerprint density at radius 2 is 1.75 bits per heavy atom. The number of ether oxygens (including phenoxy) is 1. The van der Waals surface area contributed by atoms with Gasteiger partial charge in [-0.05, 0) is 49.4 Å². The molecule has 1 N–H and O–H groups in total. The maximum atomic E-state index is 9.40. The van der Waals surface area contributed by atoms with Crippen molar-refractivity contribution < 1.29 is 9.84 Å². The van der Waals surface area contributed by atoms with Crippen molar-refractivity contribution in [2.45, 2.75) is 32.3 Å². The van der Waals surface area contributed by atoms with Crippen LogP contribution in [0.3, 0.4) is 0 Å². The molecule has 0 saturated carbocycles. The van der Waals surface area contributed by atoms with E-state index in [4.69, 9.17) is 4.74 Å². The van der Waals surface area contributed by atoms with Crippen molar-refractivity contribution in [1.29, 1.82) is 0 Å². The summed E-state index contributed by atoms with van der Waals surface area (Å²) in [5, 5.41) is 9.40. The van der Waals surface area contributed by atoms with Gasteiger partial charge in [-0.2, -0.15) is 0 Å². The number of aryl methyl sites for hydroxylation is 1. The fraction of sp³-hybridized carbons (Fsp3) is 0.333. The molecular weight excluding hydrogens is 248 g/mol. The van der Waals surface area contributed by atoms with Crippen LogP contribution in [0.2, 0.25) is 0 Å². The predicted octanol–water partition coefficient (Wildman–Crippen LogP) is 3.62. The second-order valence-electron chi connectivity index (χ2n) is 5.14. The Kier molecular flexibility index (Phi) is 5.63. The Hall–Kier alpha value is -1.80. The average Bonchev–Trinajstić information content (AvgIpc) is 2.44. The van der Waals surface area contributed by atoms with Gasteiger partial charge in [-0.15, -0.1) is 0 Å². The first kappa shape index (κ1) is 14.6. The minimum Gasteiger partial charge on any atom is -0.494 e. The molecular formula is C18H22O2. The van der Waals surface area contributed by atoms with Gasteiger partial charge in [0.25, 0.3) is 0 Å². The van der Waals surface area contributed by atoms with Gasteiger partial charge in [0, 0.05) is 0 Å². The third-order valence-corrected chi connectivity index (χ3v) is 3.15. The van der Waals surface area contributed by atoms with Gasteiger partial charge < -0.3 is 9.84 Å². The Morgan fingerprint density at radius 1 is 1.00 bits per heavy atom. The fourth-order valence-corrected chi connectivity index (χ4v) is 2.21. The van der Waals surface area contributed by atoms with Gasteiger partial charge in [0.2, 0.25) is 0 Å². The van der Waals surface area contributed by atoms with Crippen LogP contribution in [0.25, 0.3) is 0 Å². The molecule has 0 aliphatic carbocycles. The van der Waals surface area contributed by atoms with E-state index in [9.17, 15) is 5.11 Å². The Bertz CT molecular complexity index is 506. The smallest absolute Gasteiger partial charge is 0.119 e. The van der Waals surface area contributed by atoms with Crippen molar-refractivity contribution >= 4 is 0 Å². The fourth-order valence-electron chi connectivity index (χ4n) is 2.21. The highest BCUT2D eigenvalue weighted by molar-refractivity contribution is 5.28. The highest BCUT2D eigenvalue weighted by Crippen LogP contribution is 2.15. The topological polar surface area (TPSA) is 29.5 Å². The number of aliphatic hydroxyl groups excluding tert-OH is 1. The summed E-state index contributed by atoms with van der Waals surface area (Å²) in [6.07, 6.45) is 2.39. The van der Waals surface area contributed by atoms with E-state index in [2.05, 4.69) is 24.3 Å². The van der Waals surface area contributed by atoms with Gasteiger partial charge in [-0.3, -0.25) is 0 Å². The van der Waals surface area contributed by atoms with E-state index in [-0.39, 0.29) is 6.10 Å². The molecule has 0 aromatic heterocycles. The molecule has 0 bridgehead atoms. The number of rotatable bonds is 7. The maximum absolute atomic E-state index is 9.40. The van der Waals surface area contributed by atoms with E-state index >= 15 is 0 Å². The molecule has 0 aliphatic heterocycles. The van der Waals surface area contributed by atoms with Crippen LogP contribution in [0.4, 0.5) is 0 Å². The monoisotopic (exact) mass is 270 g/mol. The lowest BCUT2D eigenvalue weighted by molar-refractivity contribution is 0.195. The summed E-state index contributed by atoms with van der Waals surface area (Å²) in [4.78, 5) is 0. The molecule has 0 radical (unpaired) electrons. The minimum absolute atomic E-state index is 0.316. The normalized spacial score (nSPS) is 12.1. The average molecular weight is 270 g/mol. The molecule has 0 aliphatic rings. The van der Waals surface area contributed by atoms with Crippen molar-refractivity contribution in [2.24, 2.45) is 0 Å². The van der Waals surface area contributed by atoms with E-state index in [1.807, 2.05) is 30.3 Å². The quantitative estimate of drug-likeness (QED) is 0.779. The maximum Gasteiger partial charge on any atom is 0.119 e. The molecule has 2 aromatic carbocycles. The zero-order chi connectivity index (χ0) is 14.2. The van der Waals surface area contributed by atoms with Gasteiger partial charge in [0.05, 0.1) is 12.7 Å². The molecule has 0 saturated heterocycles. The van der Waals surface area contributed by atoms with Crippen LogP contribution in [0.5, 0.6) is 5.75 Å². The van der Waals surface area contributed by atoms with Gasteiger partial charge in [-0.25, -0.2) is 0 Å². The largest absolute Gasteiger partial charge is 0.494 e. The van der Waals surface area contributed by atoms with Crippen LogP contribution in [0.1, 0.15) is 24.5 Å². The second kappa shape index (κ2) is 7.71. The predicted molar refractivity (Wildman–Crippen MR) is 82.1 cm³/mol. The van der Waals surface area contributed by atoms with Crippen LogP contribution in [-0.4, -0.2) is 17.8 Å². The molecule has 0 heterocycles. The van der Waals surface area contributed by atoms with Crippen LogP contribution in [0, 0.1) is 0 Å². The standard InChI is InChI=1S/C18H22O2/c1-15(19)13-17-9-5-11-18(14-17)20-12-6-10-16-7-3-2-4-8-16/h2-5,7-9,11,14-15,19H,6,10,12-13H2,1H3. The van der Waals surface area contributed by atoms with Crippen LogP contribution < -0.4 is 4.74 Å². The van der Waals surface area contributed by atoms with Crippen molar-refractivity contribution in [3.8, 4) is 5.75 Å². The van der Waals surface area contributed by atoms with Crippen molar-refractivity contribution in [3.05, 3.63) is 65.7 Å². The highest BCUT2D eigenvalue weighted by atomic mass is 16.5. The molecule has 2 heteroatoms. The van der Waals surface area contributed by atoms with Crippen molar-refractivity contribution in [2.75, 3.05) is 6.61 Å². The number of aliphatic hydroxyl groups is 1. The summed E-state index contributed by atoms with van der Waals surface area (Å²) in [6, 6.07) is 18.4. The molecule has 0 amide bonds. The SMILES string of the molecule is CC(O)Cc1cccc(OCCCc2ccccc2)c1. The Morgan fingerprint density at radius 3 is 2.50 bits per heavy atom. The molecule has 2 nitrogen and oxygen atoms in total. The van der Waals surface area contributed by atoms with Gasteiger partial charge in [0.15, 0.2) is 0 Å². The lowest BCUT2D eigenvalue weighted by Gasteiger charge is -2.09. The first-order chi connectivity index (χ1) is 9.74. The van der Waals surface area contributed by atoms with E-state index < -0.39 is 0 Å². The van der Waals surface area contributed by atoms with E-state index in [0.717, 1.165) is 24.2 Å². The zero-order valence-corrected chi connectivity index (χ0v) is 12.0. The molecule has 1 unspecified atom stereocenters. The van der Waals surface area contributed by atoms with Crippen LogP contribution >= 0.6 is 0 Å². The molecule has 20 heavy (non-hydrogen) atoms. The first-order valence-electron chi connectivity index (χ1n) is 7.18. The van der Waals surface area contributed by atoms with Crippen molar-refractivity contribution in [1.82, 2.24) is 0 Å². The number of benzene rings is 2. The summed E-state index contributed by atoms with van der Waals surface area (Å²) in [5.41, 5.74) is 2.46. The lowest BCUT2D eigenvalue weighted by atomic mass is 10.1. The zero-order valence-electron chi connectivity index (χ0n) is 12.0. The molecule has 0 spiro atoms. The lowest BCUT2D eigenvalue weighted by Crippen LogP contribution is -2.05. The third-order valence-electron chi connectivity index (χ3n) is 3.15.